The molecule has 0 N–H and O–H groups in total. The molecule has 1 amide bonds. The van der Waals surface area contributed by atoms with E-state index < -0.39 is 11.7 Å². The second-order valence-corrected chi connectivity index (χ2v) is 9.07. The minimum Gasteiger partial charge on any atom is -0.368 e. The SMILES string of the molecule is Cn1cccc1-c1cc(C(=O)N2CCN(c3cccc(C(F)(F)F)c3)CC2)n(-c2cccc(Cl)c2)n1. The molecule has 4 aromatic rings. The first-order valence-electron chi connectivity index (χ1n) is 11.4. The molecule has 1 aliphatic heterocycles. The molecule has 0 radical (unpaired) electrons. The van der Waals surface area contributed by atoms with Crippen LogP contribution >= 0.6 is 11.6 Å². The van der Waals surface area contributed by atoms with Crippen molar-refractivity contribution in [1.82, 2.24) is 19.2 Å². The van der Waals surface area contributed by atoms with Gasteiger partial charge in [-0.2, -0.15) is 18.3 Å². The van der Waals surface area contributed by atoms with Gasteiger partial charge < -0.3 is 14.4 Å². The third-order valence-electron chi connectivity index (χ3n) is 6.29. The molecule has 1 aliphatic rings. The van der Waals surface area contributed by atoms with Crippen LogP contribution in [0.1, 0.15) is 16.1 Å². The molecule has 186 valence electrons. The number of rotatable bonds is 4. The Kier molecular flexibility index (Phi) is 6.26. The van der Waals surface area contributed by atoms with Gasteiger partial charge in [-0.15, -0.1) is 0 Å². The maximum absolute atomic E-state index is 13.6. The van der Waals surface area contributed by atoms with E-state index in [1.807, 2.05) is 40.9 Å². The monoisotopic (exact) mass is 513 g/mol. The summed E-state index contributed by atoms with van der Waals surface area (Å²) in [4.78, 5) is 17.2. The van der Waals surface area contributed by atoms with Crippen molar-refractivity contribution in [3.05, 3.63) is 89.2 Å². The summed E-state index contributed by atoms with van der Waals surface area (Å²) < 4.78 is 42.9. The van der Waals surface area contributed by atoms with Crippen LogP contribution in [0, 0.1) is 0 Å². The lowest BCUT2D eigenvalue weighted by Gasteiger charge is -2.36. The molecule has 0 unspecified atom stereocenters. The van der Waals surface area contributed by atoms with Gasteiger partial charge in [0.05, 0.1) is 16.9 Å². The molecular weight excluding hydrogens is 491 g/mol. The van der Waals surface area contributed by atoms with Crippen molar-refractivity contribution in [3.8, 4) is 17.1 Å². The van der Waals surface area contributed by atoms with E-state index in [-0.39, 0.29) is 5.91 Å². The van der Waals surface area contributed by atoms with Crippen LogP contribution in [0.3, 0.4) is 0 Å². The van der Waals surface area contributed by atoms with Crippen molar-refractivity contribution >= 4 is 23.2 Å². The van der Waals surface area contributed by atoms with Gasteiger partial charge in [-0.05, 0) is 54.6 Å². The lowest BCUT2D eigenvalue weighted by atomic mass is 10.1. The van der Waals surface area contributed by atoms with E-state index >= 15 is 0 Å². The average Bonchev–Trinajstić information content (AvgIpc) is 3.49. The highest BCUT2D eigenvalue weighted by molar-refractivity contribution is 6.30. The van der Waals surface area contributed by atoms with Crippen molar-refractivity contribution < 1.29 is 18.0 Å². The molecule has 0 aliphatic carbocycles. The standard InChI is InChI=1S/C26H23ClF3N5O/c1-32-10-4-9-23(32)22-17-24(35(31-22)21-8-3-6-19(27)16-21)25(36)34-13-11-33(12-14-34)20-7-2-5-18(15-20)26(28,29)30/h2-10,15-17H,11-14H2,1H3. The van der Waals surface area contributed by atoms with Crippen LogP contribution in [0.2, 0.25) is 5.02 Å². The maximum Gasteiger partial charge on any atom is 0.416 e. The molecule has 0 spiro atoms. The Labute approximate surface area is 211 Å². The number of benzene rings is 2. The Morgan fingerprint density at radius 2 is 1.64 bits per heavy atom. The van der Waals surface area contributed by atoms with Crippen molar-refractivity contribution in [2.45, 2.75) is 6.18 Å². The summed E-state index contributed by atoms with van der Waals surface area (Å²) in [7, 11) is 1.90. The van der Waals surface area contributed by atoms with Gasteiger partial charge in [0, 0.05) is 50.1 Å². The molecular formula is C26H23ClF3N5O. The van der Waals surface area contributed by atoms with Gasteiger partial charge in [0.25, 0.3) is 5.91 Å². The molecule has 1 fully saturated rings. The summed E-state index contributed by atoms with van der Waals surface area (Å²) in [6.07, 6.45) is -2.50. The molecule has 1 saturated heterocycles. The fourth-order valence-electron chi connectivity index (χ4n) is 4.40. The summed E-state index contributed by atoms with van der Waals surface area (Å²) >= 11 is 6.20. The van der Waals surface area contributed by atoms with E-state index in [9.17, 15) is 18.0 Å². The lowest BCUT2D eigenvalue weighted by molar-refractivity contribution is -0.137. The first-order valence-corrected chi connectivity index (χ1v) is 11.8. The highest BCUT2D eigenvalue weighted by Crippen LogP contribution is 2.32. The van der Waals surface area contributed by atoms with E-state index in [0.29, 0.717) is 54.0 Å². The molecule has 5 rings (SSSR count). The number of hydrogen-bond acceptors (Lipinski definition) is 3. The Hall–Kier alpha value is -3.72. The Morgan fingerprint density at radius 3 is 2.31 bits per heavy atom. The Balaban J connectivity index is 1.40. The van der Waals surface area contributed by atoms with Crippen LogP contribution in [-0.2, 0) is 13.2 Å². The summed E-state index contributed by atoms with van der Waals surface area (Å²) in [6.45, 7) is 1.58. The number of anilines is 1. The Morgan fingerprint density at radius 1 is 0.917 bits per heavy atom. The van der Waals surface area contributed by atoms with Crippen LogP contribution in [0.25, 0.3) is 17.1 Å². The largest absolute Gasteiger partial charge is 0.416 e. The van der Waals surface area contributed by atoms with Crippen LogP contribution in [0.5, 0.6) is 0 Å². The number of carbonyl (C=O) groups excluding carboxylic acids is 1. The number of hydrogen-bond donors (Lipinski definition) is 0. The highest BCUT2D eigenvalue weighted by atomic mass is 35.5. The molecule has 6 nitrogen and oxygen atoms in total. The fraction of sp³-hybridized carbons (Fsp3) is 0.231. The predicted octanol–water partition coefficient (Wildman–Crippen LogP) is 5.51. The number of halogens is 4. The predicted molar refractivity (Wildman–Crippen MR) is 133 cm³/mol. The van der Waals surface area contributed by atoms with Gasteiger partial charge in [0.2, 0.25) is 0 Å². The van der Waals surface area contributed by atoms with E-state index in [4.69, 9.17) is 16.7 Å². The molecule has 0 saturated carbocycles. The number of amides is 1. The van der Waals surface area contributed by atoms with Crippen molar-refractivity contribution in [3.63, 3.8) is 0 Å². The van der Waals surface area contributed by atoms with E-state index in [1.54, 1.807) is 39.9 Å². The van der Waals surface area contributed by atoms with Crippen molar-refractivity contribution in [2.75, 3.05) is 31.1 Å². The summed E-state index contributed by atoms with van der Waals surface area (Å²) in [5.41, 5.74) is 2.37. The van der Waals surface area contributed by atoms with Crippen molar-refractivity contribution in [2.24, 2.45) is 7.05 Å². The summed E-state index contributed by atoms with van der Waals surface area (Å²) in [5.74, 6) is -0.202. The summed E-state index contributed by atoms with van der Waals surface area (Å²) in [5, 5.41) is 5.23. The minimum absolute atomic E-state index is 0.202. The molecule has 3 heterocycles. The average molecular weight is 514 g/mol. The normalized spacial score (nSPS) is 14.4. The molecule has 0 bridgehead atoms. The van der Waals surface area contributed by atoms with E-state index in [2.05, 4.69) is 0 Å². The molecule has 36 heavy (non-hydrogen) atoms. The van der Waals surface area contributed by atoms with Gasteiger partial charge in [-0.1, -0.05) is 23.7 Å². The number of aromatic nitrogens is 3. The van der Waals surface area contributed by atoms with Gasteiger partial charge in [0.1, 0.15) is 11.4 Å². The maximum atomic E-state index is 13.6. The zero-order valence-corrected chi connectivity index (χ0v) is 20.2. The first-order chi connectivity index (χ1) is 17.2. The lowest BCUT2D eigenvalue weighted by Crippen LogP contribution is -2.49. The van der Waals surface area contributed by atoms with Crippen LogP contribution in [-0.4, -0.2) is 51.3 Å². The quantitative estimate of drug-likeness (QED) is 0.361. The number of alkyl halides is 3. The topological polar surface area (TPSA) is 46.3 Å². The smallest absolute Gasteiger partial charge is 0.368 e. The zero-order chi connectivity index (χ0) is 25.4. The molecule has 10 heteroatoms. The van der Waals surface area contributed by atoms with Gasteiger partial charge in [0.15, 0.2) is 0 Å². The number of aryl methyl sites for hydroxylation is 1. The second kappa shape index (κ2) is 9.39. The molecule has 0 atom stereocenters. The third kappa shape index (κ3) is 4.70. The Bertz CT molecular complexity index is 1400. The van der Waals surface area contributed by atoms with Crippen LogP contribution in [0.4, 0.5) is 18.9 Å². The van der Waals surface area contributed by atoms with Gasteiger partial charge in [-0.25, -0.2) is 4.68 Å². The number of nitrogens with zero attached hydrogens (tertiary/aromatic N) is 5. The summed E-state index contributed by atoms with van der Waals surface area (Å²) in [6, 6.07) is 18.0. The number of carbonyl (C=O) groups is 1. The number of piperazine rings is 1. The van der Waals surface area contributed by atoms with Gasteiger partial charge >= 0.3 is 6.18 Å². The van der Waals surface area contributed by atoms with Gasteiger partial charge in [-0.3, -0.25) is 4.79 Å². The molecule has 2 aromatic heterocycles. The van der Waals surface area contributed by atoms with Crippen LogP contribution < -0.4 is 4.90 Å². The first kappa shape index (κ1) is 24.0. The third-order valence-corrected chi connectivity index (χ3v) is 6.53. The second-order valence-electron chi connectivity index (χ2n) is 8.64. The molecule has 2 aromatic carbocycles. The zero-order valence-electron chi connectivity index (χ0n) is 19.4. The van der Waals surface area contributed by atoms with Crippen molar-refractivity contribution in [1.29, 1.82) is 0 Å². The van der Waals surface area contributed by atoms with Crippen LogP contribution in [0.15, 0.2) is 72.9 Å². The van der Waals surface area contributed by atoms with E-state index in [1.165, 1.54) is 6.07 Å². The van der Waals surface area contributed by atoms with E-state index in [0.717, 1.165) is 17.8 Å². The highest BCUT2D eigenvalue weighted by Gasteiger charge is 2.32. The fourth-order valence-corrected chi connectivity index (χ4v) is 4.58. The minimum atomic E-state index is -4.40.